The van der Waals surface area contributed by atoms with Gasteiger partial charge >= 0.3 is 5.97 Å². The van der Waals surface area contributed by atoms with Crippen molar-refractivity contribution in [3.8, 4) is 0 Å². The minimum atomic E-state index is -1.24. The molecule has 0 aliphatic carbocycles. The van der Waals surface area contributed by atoms with Crippen LogP contribution in [0.1, 0.15) is 87.0 Å². The summed E-state index contributed by atoms with van der Waals surface area (Å²) in [6, 6.07) is -4.65. The normalized spacial score (nSPS) is 32.3. The Morgan fingerprint density at radius 1 is 0.766 bits per heavy atom. The Labute approximate surface area is 278 Å². The fourth-order valence-corrected chi connectivity index (χ4v) is 7.10. The van der Waals surface area contributed by atoms with Crippen LogP contribution in [-0.2, 0) is 33.5 Å². The molecule has 4 aliphatic heterocycles. The van der Waals surface area contributed by atoms with E-state index in [-0.39, 0.29) is 29.6 Å². The molecule has 3 N–H and O–H groups in total. The van der Waals surface area contributed by atoms with Crippen molar-refractivity contribution in [1.29, 1.82) is 0 Å². The van der Waals surface area contributed by atoms with Crippen molar-refractivity contribution in [3.05, 3.63) is 0 Å². The molecular weight excluding hydrogens is 606 g/mol. The highest BCUT2D eigenvalue weighted by Gasteiger charge is 2.48. The molecule has 4 rings (SSSR count). The number of hydrogen-bond acceptors (Lipinski definition) is 9. The quantitative estimate of drug-likeness (QED) is 0.371. The number of nitrogens with one attached hydrogen (secondary N) is 3. The smallest absolute Gasteiger partial charge is 0.329 e. The Morgan fingerprint density at radius 2 is 1.34 bits per heavy atom. The number of amides is 5. The van der Waals surface area contributed by atoms with Crippen LogP contribution in [0.2, 0.25) is 0 Å². The zero-order valence-electron chi connectivity index (χ0n) is 29.3. The molecule has 4 aliphatic rings. The van der Waals surface area contributed by atoms with Crippen LogP contribution in [0.3, 0.4) is 0 Å². The molecule has 4 heterocycles. The molecule has 0 bridgehead atoms. The highest BCUT2D eigenvalue weighted by Crippen LogP contribution is 2.29. The summed E-state index contributed by atoms with van der Waals surface area (Å²) in [7, 11) is 1.59. The highest BCUT2D eigenvalue weighted by atomic mass is 16.6. The third kappa shape index (κ3) is 7.90. The van der Waals surface area contributed by atoms with Crippen LogP contribution in [0.4, 0.5) is 0 Å². The number of likely N-dealkylation sites (N-methyl/N-ethyl adjacent to an activating group) is 1. The minimum absolute atomic E-state index is 0.0115. The van der Waals surface area contributed by atoms with Crippen molar-refractivity contribution < 1.29 is 33.5 Å². The third-order valence-electron chi connectivity index (χ3n) is 9.74. The molecule has 14 heteroatoms. The second-order valence-corrected chi connectivity index (χ2v) is 14.8. The summed E-state index contributed by atoms with van der Waals surface area (Å²) in [4.78, 5) is 87.5. The number of nitrogens with zero attached hydrogens (tertiary/aromatic N) is 4. The predicted molar refractivity (Wildman–Crippen MR) is 173 cm³/mol. The van der Waals surface area contributed by atoms with Crippen molar-refractivity contribution >= 4 is 35.5 Å². The Hall–Kier alpha value is -3.26. The summed E-state index contributed by atoms with van der Waals surface area (Å²) in [5.74, 6) is -3.74. The maximum atomic E-state index is 14.4. The van der Waals surface area contributed by atoms with E-state index >= 15 is 0 Å². The molecule has 0 radical (unpaired) electrons. The van der Waals surface area contributed by atoms with E-state index in [1.165, 1.54) is 19.8 Å². The SMILES string of the molecule is CC(C)C[C@@H]1C(=O)N2C[C@@H](C)C[C@H]2C(=O)N[C@H](C(C)C)C(=O)O[C@@H](C(C)C)C(=O)N2NCCC[C@@H]2C(=O)N2NCCC[C@H]2C(=O)N1C. The fraction of sp³-hybridized carbons (Fsp3) is 0.818. The molecule has 7 atom stereocenters. The van der Waals surface area contributed by atoms with Crippen molar-refractivity contribution in [3.63, 3.8) is 0 Å². The lowest BCUT2D eigenvalue weighted by Crippen LogP contribution is -2.68. The van der Waals surface area contributed by atoms with E-state index < -0.39 is 65.9 Å². The number of ether oxygens (including phenoxy) is 1. The fourth-order valence-electron chi connectivity index (χ4n) is 7.10. The number of hydrogen-bond donors (Lipinski definition) is 3. The molecule has 0 unspecified atom stereocenters. The van der Waals surface area contributed by atoms with Gasteiger partial charge in [0.05, 0.1) is 0 Å². The van der Waals surface area contributed by atoms with E-state index in [2.05, 4.69) is 16.2 Å². The third-order valence-corrected chi connectivity index (χ3v) is 9.74. The van der Waals surface area contributed by atoms with Crippen LogP contribution in [0, 0.1) is 23.7 Å². The van der Waals surface area contributed by atoms with Gasteiger partial charge < -0.3 is 19.9 Å². The number of cyclic esters (lactones) is 1. The summed E-state index contributed by atoms with van der Waals surface area (Å²) in [5, 5.41) is 5.42. The molecule has 4 saturated heterocycles. The second kappa shape index (κ2) is 15.3. The number of rotatable bonds is 4. The topological polar surface area (TPSA) is 161 Å². The Balaban J connectivity index is 1.81. The van der Waals surface area contributed by atoms with E-state index in [1.807, 2.05) is 20.8 Å². The summed E-state index contributed by atoms with van der Waals surface area (Å²) in [6.07, 6.45) is 1.50. The first kappa shape index (κ1) is 36.6. The van der Waals surface area contributed by atoms with Gasteiger partial charge in [-0.2, -0.15) is 0 Å². The van der Waals surface area contributed by atoms with Gasteiger partial charge in [0.15, 0.2) is 6.10 Å². The van der Waals surface area contributed by atoms with Crippen LogP contribution >= 0.6 is 0 Å². The van der Waals surface area contributed by atoms with E-state index in [1.54, 1.807) is 34.7 Å². The first-order valence-corrected chi connectivity index (χ1v) is 17.3. The van der Waals surface area contributed by atoms with Gasteiger partial charge in [-0.05, 0) is 62.2 Å². The second-order valence-electron chi connectivity index (χ2n) is 14.8. The van der Waals surface area contributed by atoms with Gasteiger partial charge in [-0.3, -0.25) is 34.0 Å². The summed E-state index contributed by atoms with van der Waals surface area (Å²) in [5.41, 5.74) is 6.15. The van der Waals surface area contributed by atoms with Gasteiger partial charge in [0.1, 0.15) is 30.2 Å². The number of esters is 1. The molecule has 0 aromatic rings. The summed E-state index contributed by atoms with van der Waals surface area (Å²) in [6.45, 7) is 14.2. The molecule has 14 nitrogen and oxygen atoms in total. The molecule has 264 valence electrons. The molecule has 0 aromatic heterocycles. The van der Waals surface area contributed by atoms with Gasteiger partial charge in [0, 0.05) is 26.7 Å². The Bertz CT molecular complexity index is 1210. The first-order valence-electron chi connectivity index (χ1n) is 17.3. The van der Waals surface area contributed by atoms with Gasteiger partial charge in [-0.15, -0.1) is 0 Å². The van der Waals surface area contributed by atoms with E-state index in [0.29, 0.717) is 58.2 Å². The summed E-state index contributed by atoms with van der Waals surface area (Å²) >= 11 is 0. The lowest BCUT2D eigenvalue weighted by atomic mass is 9.98. The maximum absolute atomic E-state index is 14.4. The average molecular weight is 662 g/mol. The van der Waals surface area contributed by atoms with E-state index in [4.69, 9.17) is 4.74 Å². The molecule has 5 amide bonds. The van der Waals surface area contributed by atoms with Crippen molar-refractivity contribution in [1.82, 2.24) is 36.0 Å². The van der Waals surface area contributed by atoms with Crippen LogP contribution in [-0.4, -0.2) is 118 Å². The Morgan fingerprint density at radius 3 is 1.89 bits per heavy atom. The van der Waals surface area contributed by atoms with Crippen LogP contribution < -0.4 is 16.2 Å². The number of fused-ring (bicyclic) bond motifs is 3. The lowest BCUT2D eigenvalue weighted by molar-refractivity contribution is -0.174. The minimum Gasteiger partial charge on any atom is -0.450 e. The first-order chi connectivity index (χ1) is 22.1. The maximum Gasteiger partial charge on any atom is 0.329 e. The van der Waals surface area contributed by atoms with Crippen molar-refractivity contribution in [2.24, 2.45) is 23.7 Å². The van der Waals surface area contributed by atoms with Crippen molar-refractivity contribution in [2.75, 3.05) is 26.7 Å². The van der Waals surface area contributed by atoms with Crippen LogP contribution in [0.25, 0.3) is 0 Å². The number of carbonyl (C=O) groups excluding carboxylic acids is 6. The van der Waals surface area contributed by atoms with Crippen molar-refractivity contribution in [2.45, 2.75) is 123 Å². The highest BCUT2D eigenvalue weighted by molar-refractivity contribution is 5.97. The molecule has 0 aromatic carbocycles. The molecule has 4 fully saturated rings. The largest absolute Gasteiger partial charge is 0.450 e. The van der Waals surface area contributed by atoms with Gasteiger partial charge in [-0.1, -0.05) is 48.5 Å². The average Bonchev–Trinajstić information content (AvgIpc) is 3.44. The van der Waals surface area contributed by atoms with Crippen LogP contribution in [0.5, 0.6) is 0 Å². The monoisotopic (exact) mass is 661 g/mol. The zero-order valence-corrected chi connectivity index (χ0v) is 29.3. The van der Waals surface area contributed by atoms with Crippen LogP contribution in [0.15, 0.2) is 0 Å². The van der Waals surface area contributed by atoms with Gasteiger partial charge in [-0.25, -0.2) is 15.6 Å². The molecular formula is C33H55N7O7. The van der Waals surface area contributed by atoms with Gasteiger partial charge in [0.2, 0.25) is 17.7 Å². The summed E-state index contributed by atoms with van der Waals surface area (Å²) < 4.78 is 5.86. The van der Waals surface area contributed by atoms with Gasteiger partial charge in [0.25, 0.3) is 11.8 Å². The molecule has 0 saturated carbocycles. The molecule has 0 spiro atoms. The zero-order chi connectivity index (χ0) is 34.7. The van der Waals surface area contributed by atoms with E-state index in [9.17, 15) is 28.8 Å². The predicted octanol–water partition coefficient (Wildman–Crippen LogP) is 0.810. The molecule has 47 heavy (non-hydrogen) atoms. The number of carbonyl (C=O) groups is 6. The Kier molecular flexibility index (Phi) is 11.9. The standard InChI is InChI=1S/C33H55N7O7/c1-18(2)15-25-30(43)38-17-21(7)16-24(38)28(41)36-26(19(3)4)33(46)47-27(20(5)6)32(45)40-23(12-10-14-35-40)31(44)39-22(11-9-13-34-39)29(42)37(25)8/h18-27,34-35H,9-17H2,1-8H3,(H,36,41)/t21-,22-,23+,24-,25+,26+,27-/m0/s1. The lowest BCUT2D eigenvalue weighted by Gasteiger charge is -2.44. The van der Waals surface area contributed by atoms with E-state index in [0.717, 1.165) is 0 Å². The number of hydrazine groups is 2.